The fourth-order valence-electron chi connectivity index (χ4n) is 1.84. The SMILES string of the molecule is COc1ccc(C=O)cc1OCc1nc(-c2cccs2)no1. The highest BCUT2D eigenvalue weighted by atomic mass is 32.1. The lowest BCUT2D eigenvalue weighted by molar-refractivity contribution is 0.112. The molecule has 6 nitrogen and oxygen atoms in total. The Labute approximate surface area is 130 Å². The van der Waals surface area contributed by atoms with Crippen LogP contribution < -0.4 is 9.47 Å². The second kappa shape index (κ2) is 6.40. The van der Waals surface area contributed by atoms with Crippen LogP contribution in [0.25, 0.3) is 10.7 Å². The van der Waals surface area contributed by atoms with Gasteiger partial charge in [0.2, 0.25) is 5.82 Å². The molecule has 22 heavy (non-hydrogen) atoms. The summed E-state index contributed by atoms with van der Waals surface area (Å²) >= 11 is 1.53. The Kier molecular flexibility index (Phi) is 4.15. The number of carbonyl (C=O) groups is 1. The fourth-order valence-corrected chi connectivity index (χ4v) is 2.49. The monoisotopic (exact) mass is 316 g/mol. The number of ether oxygens (including phenoxy) is 2. The van der Waals surface area contributed by atoms with E-state index in [1.807, 2.05) is 17.5 Å². The zero-order valence-corrected chi connectivity index (χ0v) is 12.5. The molecule has 0 saturated heterocycles. The summed E-state index contributed by atoms with van der Waals surface area (Å²) in [6.07, 6.45) is 0.744. The van der Waals surface area contributed by atoms with Crippen molar-refractivity contribution >= 4 is 17.6 Å². The van der Waals surface area contributed by atoms with Crippen LogP contribution in [-0.2, 0) is 6.61 Å². The number of rotatable bonds is 6. The molecule has 0 unspecified atom stereocenters. The van der Waals surface area contributed by atoms with Gasteiger partial charge in [-0.15, -0.1) is 11.3 Å². The first-order valence-electron chi connectivity index (χ1n) is 6.42. The normalized spacial score (nSPS) is 10.4. The Morgan fingerprint density at radius 1 is 1.32 bits per heavy atom. The number of carbonyl (C=O) groups excluding carboxylic acids is 1. The zero-order chi connectivity index (χ0) is 15.4. The lowest BCUT2D eigenvalue weighted by Crippen LogP contribution is -1.99. The van der Waals surface area contributed by atoms with E-state index in [9.17, 15) is 4.79 Å². The third kappa shape index (κ3) is 2.99. The zero-order valence-electron chi connectivity index (χ0n) is 11.7. The summed E-state index contributed by atoms with van der Waals surface area (Å²) < 4.78 is 16.0. The summed E-state index contributed by atoms with van der Waals surface area (Å²) in [5.41, 5.74) is 0.501. The molecule has 0 aliphatic carbocycles. The highest BCUT2D eigenvalue weighted by molar-refractivity contribution is 7.13. The van der Waals surface area contributed by atoms with Crippen LogP contribution in [0.15, 0.2) is 40.2 Å². The summed E-state index contributed by atoms with van der Waals surface area (Å²) in [6, 6.07) is 8.76. The lowest BCUT2D eigenvalue weighted by atomic mass is 10.2. The van der Waals surface area contributed by atoms with E-state index in [-0.39, 0.29) is 6.61 Å². The van der Waals surface area contributed by atoms with Gasteiger partial charge < -0.3 is 14.0 Å². The van der Waals surface area contributed by atoms with Crippen LogP contribution >= 0.6 is 11.3 Å². The molecule has 0 atom stereocenters. The molecule has 0 bridgehead atoms. The average molecular weight is 316 g/mol. The fraction of sp³-hybridized carbons (Fsp3) is 0.133. The molecular formula is C15H12N2O4S. The van der Waals surface area contributed by atoms with Crippen LogP contribution in [-0.4, -0.2) is 23.5 Å². The van der Waals surface area contributed by atoms with Crippen LogP contribution in [0.5, 0.6) is 11.5 Å². The van der Waals surface area contributed by atoms with Gasteiger partial charge in [0.1, 0.15) is 6.29 Å². The first kappa shape index (κ1) is 14.3. The molecule has 0 N–H and O–H groups in total. The van der Waals surface area contributed by atoms with E-state index in [1.54, 1.807) is 18.2 Å². The van der Waals surface area contributed by atoms with Crippen LogP contribution in [0.4, 0.5) is 0 Å². The van der Waals surface area contributed by atoms with Crippen molar-refractivity contribution in [2.45, 2.75) is 6.61 Å². The van der Waals surface area contributed by atoms with E-state index in [2.05, 4.69) is 10.1 Å². The van der Waals surface area contributed by atoms with Gasteiger partial charge in [-0.3, -0.25) is 4.79 Å². The van der Waals surface area contributed by atoms with Crippen molar-refractivity contribution in [1.29, 1.82) is 0 Å². The largest absolute Gasteiger partial charge is 0.493 e. The molecule has 0 aliphatic rings. The number of thiophene rings is 1. The molecule has 0 saturated carbocycles. The number of nitrogens with zero attached hydrogens (tertiary/aromatic N) is 2. The van der Waals surface area contributed by atoms with E-state index >= 15 is 0 Å². The molecule has 0 aliphatic heterocycles. The molecule has 112 valence electrons. The maximum Gasteiger partial charge on any atom is 0.264 e. The summed E-state index contributed by atoms with van der Waals surface area (Å²) in [7, 11) is 1.53. The Hall–Kier alpha value is -2.67. The molecule has 0 amide bonds. The highest BCUT2D eigenvalue weighted by Crippen LogP contribution is 2.28. The Morgan fingerprint density at radius 3 is 2.95 bits per heavy atom. The molecule has 0 spiro atoms. The molecule has 3 rings (SSSR count). The van der Waals surface area contributed by atoms with Crippen LogP contribution in [0.1, 0.15) is 16.2 Å². The van der Waals surface area contributed by atoms with Gasteiger partial charge in [0.15, 0.2) is 18.1 Å². The van der Waals surface area contributed by atoms with Crippen molar-refractivity contribution in [2.75, 3.05) is 7.11 Å². The van der Waals surface area contributed by atoms with Crippen molar-refractivity contribution in [1.82, 2.24) is 10.1 Å². The van der Waals surface area contributed by atoms with E-state index in [4.69, 9.17) is 14.0 Å². The van der Waals surface area contributed by atoms with E-state index in [0.29, 0.717) is 28.8 Å². The van der Waals surface area contributed by atoms with Gasteiger partial charge in [0.05, 0.1) is 12.0 Å². The predicted molar refractivity (Wildman–Crippen MR) is 80.3 cm³/mol. The molecule has 7 heteroatoms. The molecule has 2 aromatic heterocycles. The molecular weight excluding hydrogens is 304 g/mol. The quantitative estimate of drug-likeness (QED) is 0.650. The smallest absolute Gasteiger partial charge is 0.264 e. The van der Waals surface area contributed by atoms with E-state index < -0.39 is 0 Å². The number of methoxy groups -OCH3 is 1. The minimum Gasteiger partial charge on any atom is -0.493 e. The van der Waals surface area contributed by atoms with Crippen molar-refractivity contribution in [3.63, 3.8) is 0 Å². The molecule has 2 heterocycles. The molecule has 1 aromatic carbocycles. The second-order valence-corrected chi connectivity index (χ2v) is 5.25. The van der Waals surface area contributed by atoms with Crippen LogP contribution in [0.3, 0.4) is 0 Å². The maximum absolute atomic E-state index is 10.8. The third-order valence-electron chi connectivity index (χ3n) is 2.88. The Balaban J connectivity index is 1.74. The molecule has 0 fully saturated rings. The molecule has 0 radical (unpaired) electrons. The van der Waals surface area contributed by atoms with Crippen LogP contribution in [0.2, 0.25) is 0 Å². The average Bonchev–Trinajstić information content (AvgIpc) is 3.23. The summed E-state index contributed by atoms with van der Waals surface area (Å²) in [5.74, 6) is 1.86. The van der Waals surface area contributed by atoms with E-state index in [0.717, 1.165) is 11.2 Å². The Morgan fingerprint density at radius 2 is 2.23 bits per heavy atom. The van der Waals surface area contributed by atoms with Gasteiger partial charge in [0, 0.05) is 5.56 Å². The standard InChI is InChI=1S/C15H12N2O4S/c1-19-11-5-4-10(8-18)7-12(11)20-9-14-16-15(17-21-14)13-3-2-6-22-13/h2-8H,9H2,1H3. The van der Waals surface area contributed by atoms with Gasteiger partial charge in [-0.05, 0) is 29.6 Å². The number of hydrogen-bond acceptors (Lipinski definition) is 7. The predicted octanol–water partition coefficient (Wildman–Crippen LogP) is 3.20. The van der Waals surface area contributed by atoms with Crippen molar-refractivity contribution in [2.24, 2.45) is 0 Å². The second-order valence-electron chi connectivity index (χ2n) is 4.31. The van der Waals surface area contributed by atoms with Gasteiger partial charge >= 0.3 is 0 Å². The third-order valence-corrected chi connectivity index (χ3v) is 3.75. The van der Waals surface area contributed by atoms with E-state index in [1.165, 1.54) is 18.4 Å². The minimum absolute atomic E-state index is 0.0943. The Bertz CT molecular complexity index is 768. The van der Waals surface area contributed by atoms with Gasteiger partial charge in [-0.25, -0.2) is 0 Å². The first-order valence-corrected chi connectivity index (χ1v) is 7.30. The van der Waals surface area contributed by atoms with Crippen LogP contribution in [0, 0.1) is 0 Å². The number of aromatic nitrogens is 2. The maximum atomic E-state index is 10.8. The first-order chi connectivity index (χ1) is 10.8. The van der Waals surface area contributed by atoms with Crippen molar-refractivity contribution < 1.29 is 18.8 Å². The van der Waals surface area contributed by atoms with Gasteiger partial charge in [0.25, 0.3) is 5.89 Å². The highest BCUT2D eigenvalue weighted by Gasteiger charge is 2.12. The number of aldehydes is 1. The van der Waals surface area contributed by atoms with Gasteiger partial charge in [-0.2, -0.15) is 4.98 Å². The van der Waals surface area contributed by atoms with Crippen molar-refractivity contribution in [3.05, 3.63) is 47.2 Å². The minimum atomic E-state index is 0.0943. The lowest BCUT2D eigenvalue weighted by Gasteiger charge is -2.09. The number of benzene rings is 1. The summed E-state index contributed by atoms with van der Waals surface area (Å²) in [5, 5.41) is 5.85. The topological polar surface area (TPSA) is 74.5 Å². The van der Waals surface area contributed by atoms with Gasteiger partial charge in [-0.1, -0.05) is 11.2 Å². The molecule has 3 aromatic rings. The van der Waals surface area contributed by atoms with Crippen molar-refractivity contribution in [3.8, 4) is 22.2 Å². The summed E-state index contributed by atoms with van der Waals surface area (Å²) in [4.78, 5) is 16.0. The summed E-state index contributed by atoms with van der Waals surface area (Å²) in [6.45, 7) is 0.0943. The number of hydrogen-bond donors (Lipinski definition) is 0.